The van der Waals surface area contributed by atoms with E-state index in [0.29, 0.717) is 36.8 Å². The van der Waals surface area contributed by atoms with Gasteiger partial charge < -0.3 is 23.8 Å². The van der Waals surface area contributed by atoms with Crippen molar-refractivity contribution in [2.75, 3.05) is 41.0 Å². The summed E-state index contributed by atoms with van der Waals surface area (Å²) in [7, 11) is 4.81. The fourth-order valence-corrected chi connectivity index (χ4v) is 2.61. The molecular weight excluding hydrogens is 298 g/mol. The van der Waals surface area contributed by atoms with E-state index in [2.05, 4.69) is 6.58 Å². The van der Waals surface area contributed by atoms with Crippen LogP contribution in [-0.2, 0) is 9.47 Å². The molecule has 6 nitrogen and oxygen atoms in total. The Hall–Kier alpha value is -2.05. The second-order valence-corrected chi connectivity index (χ2v) is 5.22. The van der Waals surface area contributed by atoms with E-state index >= 15 is 0 Å². The molecule has 6 heteroatoms. The molecule has 2 rings (SSSR count). The molecule has 0 aliphatic carbocycles. The summed E-state index contributed by atoms with van der Waals surface area (Å²) in [4.78, 5) is 14.5. The number of hydrogen-bond donors (Lipinski definition) is 0. The minimum atomic E-state index is -0.125. The number of hydrogen-bond acceptors (Lipinski definition) is 5. The molecule has 126 valence electrons. The molecule has 2 atom stereocenters. The lowest BCUT2D eigenvalue weighted by Crippen LogP contribution is -2.30. The zero-order valence-corrected chi connectivity index (χ0v) is 13.8. The minimum absolute atomic E-state index is 0.117. The van der Waals surface area contributed by atoms with E-state index in [9.17, 15) is 4.79 Å². The molecular formula is C17H23NO5. The number of likely N-dealkylation sites (tertiary alicyclic amines) is 1. The third-order valence-electron chi connectivity index (χ3n) is 3.88. The van der Waals surface area contributed by atoms with Crippen LogP contribution < -0.4 is 9.47 Å². The molecule has 0 radical (unpaired) electrons. The summed E-state index contributed by atoms with van der Waals surface area (Å²) in [5, 5.41) is 0. The molecule has 0 saturated carbocycles. The summed E-state index contributed by atoms with van der Waals surface area (Å²) in [5.74, 6) is 0.990. The third-order valence-corrected chi connectivity index (χ3v) is 3.88. The highest BCUT2D eigenvalue weighted by atomic mass is 16.5. The van der Waals surface area contributed by atoms with E-state index in [0.717, 1.165) is 0 Å². The summed E-state index contributed by atoms with van der Waals surface area (Å²) in [6.07, 6.45) is 1.38. The molecule has 1 saturated heterocycles. The zero-order chi connectivity index (χ0) is 16.8. The lowest BCUT2D eigenvalue weighted by atomic mass is 10.1. The Bertz CT molecular complexity index is 548. The number of methoxy groups -OCH3 is 3. The van der Waals surface area contributed by atoms with Gasteiger partial charge in [-0.15, -0.1) is 0 Å². The van der Waals surface area contributed by atoms with Gasteiger partial charge >= 0.3 is 0 Å². The van der Waals surface area contributed by atoms with Crippen LogP contribution in [-0.4, -0.2) is 64.0 Å². The van der Waals surface area contributed by atoms with Gasteiger partial charge in [-0.3, -0.25) is 4.79 Å². The summed E-state index contributed by atoms with van der Waals surface area (Å²) >= 11 is 0. The maximum Gasteiger partial charge on any atom is 0.257 e. The number of ether oxygens (including phenoxy) is 4. The third kappa shape index (κ3) is 3.83. The maximum atomic E-state index is 12.8. The molecule has 0 unspecified atom stereocenters. The Morgan fingerprint density at radius 2 is 1.91 bits per heavy atom. The Balaban J connectivity index is 2.23. The molecule has 1 aromatic rings. The van der Waals surface area contributed by atoms with Crippen molar-refractivity contribution in [3.63, 3.8) is 0 Å². The van der Waals surface area contributed by atoms with Crippen molar-refractivity contribution in [1.82, 2.24) is 4.90 Å². The van der Waals surface area contributed by atoms with Gasteiger partial charge in [0.05, 0.1) is 12.7 Å². The van der Waals surface area contributed by atoms with E-state index in [1.54, 1.807) is 50.5 Å². The van der Waals surface area contributed by atoms with Crippen molar-refractivity contribution in [1.29, 1.82) is 0 Å². The highest BCUT2D eigenvalue weighted by Crippen LogP contribution is 2.28. The van der Waals surface area contributed by atoms with Crippen LogP contribution in [0.25, 0.3) is 0 Å². The number of carbonyl (C=O) groups is 1. The maximum absolute atomic E-state index is 12.8. The second-order valence-electron chi connectivity index (χ2n) is 5.22. The molecule has 1 aliphatic rings. The van der Waals surface area contributed by atoms with Gasteiger partial charge in [-0.25, -0.2) is 0 Å². The van der Waals surface area contributed by atoms with Gasteiger partial charge in [0.2, 0.25) is 0 Å². The average molecular weight is 321 g/mol. The van der Waals surface area contributed by atoms with Crippen LogP contribution >= 0.6 is 0 Å². The molecule has 23 heavy (non-hydrogen) atoms. The van der Waals surface area contributed by atoms with Gasteiger partial charge in [0.25, 0.3) is 5.91 Å². The van der Waals surface area contributed by atoms with E-state index in [1.165, 1.54) is 0 Å². The van der Waals surface area contributed by atoms with Crippen molar-refractivity contribution < 1.29 is 23.7 Å². The second kappa shape index (κ2) is 7.99. The standard InChI is InChI=1S/C17H23NO5/c1-5-8-23-14-9-12(20-2)6-7-13(14)17(19)18-10-15(21-3)16(11-18)22-4/h5-7,9,15-16H,1,8,10-11H2,2-4H3/t15-,16-/m0/s1. The summed E-state index contributed by atoms with van der Waals surface area (Å²) in [6.45, 7) is 4.92. The molecule has 1 amide bonds. The Morgan fingerprint density at radius 1 is 1.26 bits per heavy atom. The van der Waals surface area contributed by atoms with Gasteiger partial charge in [0.1, 0.15) is 30.3 Å². The van der Waals surface area contributed by atoms with Gasteiger partial charge in [-0.2, -0.15) is 0 Å². The lowest BCUT2D eigenvalue weighted by Gasteiger charge is -2.18. The fraction of sp³-hybridized carbons (Fsp3) is 0.471. The largest absolute Gasteiger partial charge is 0.497 e. The smallest absolute Gasteiger partial charge is 0.257 e. The predicted molar refractivity (Wildman–Crippen MR) is 86.2 cm³/mol. The first kappa shape index (κ1) is 17.3. The average Bonchev–Trinajstić information content (AvgIpc) is 3.02. The number of carbonyl (C=O) groups excluding carboxylic acids is 1. The number of benzene rings is 1. The van der Waals surface area contributed by atoms with Crippen LogP contribution in [0, 0.1) is 0 Å². The molecule has 0 spiro atoms. The molecule has 1 heterocycles. The van der Waals surface area contributed by atoms with Gasteiger partial charge in [-0.05, 0) is 12.1 Å². The van der Waals surface area contributed by atoms with Crippen molar-refractivity contribution in [2.24, 2.45) is 0 Å². The van der Waals surface area contributed by atoms with Crippen LogP contribution in [0.1, 0.15) is 10.4 Å². The van der Waals surface area contributed by atoms with Crippen LogP contribution in [0.2, 0.25) is 0 Å². The first-order chi connectivity index (χ1) is 11.1. The van der Waals surface area contributed by atoms with E-state index in [1.807, 2.05) is 0 Å². The number of nitrogens with zero attached hydrogens (tertiary/aromatic N) is 1. The topological polar surface area (TPSA) is 57.2 Å². The molecule has 0 N–H and O–H groups in total. The monoisotopic (exact) mass is 321 g/mol. The quantitative estimate of drug-likeness (QED) is 0.716. The normalized spacial score (nSPS) is 20.4. The van der Waals surface area contributed by atoms with E-state index in [4.69, 9.17) is 18.9 Å². The first-order valence-electron chi connectivity index (χ1n) is 7.41. The molecule has 1 aromatic carbocycles. The molecule has 0 aromatic heterocycles. The van der Waals surface area contributed by atoms with Crippen molar-refractivity contribution in [3.8, 4) is 11.5 Å². The highest BCUT2D eigenvalue weighted by molar-refractivity contribution is 5.97. The highest BCUT2D eigenvalue weighted by Gasteiger charge is 2.36. The predicted octanol–water partition coefficient (Wildman–Crippen LogP) is 1.75. The molecule has 1 fully saturated rings. The van der Waals surface area contributed by atoms with Crippen LogP contribution in [0.5, 0.6) is 11.5 Å². The van der Waals surface area contributed by atoms with Gasteiger partial charge in [-0.1, -0.05) is 12.7 Å². The van der Waals surface area contributed by atoms with E-state index < -0.39 is 0 Å². The SMILES string of the molecule is C=CCOc1cc(OC)ccc1C(=O)N1C[C@H](OC)[C@@H](OC)C1. The van der Waals surface area contributed by atoms with Crippen LogP contribution in [0.15, 0.2) is 30.9 Å². The Morgan fingerprint density at radius 3 is 2.43 bits per heavy atom. The molecule has 1 aliphatic heterocycles. The number of rotatable bonds is 7. The first-order valence-corrected chi connectivity index (χ1v) is 7.41. The summed E-state index contributed by atoms with van der Waals surface area (Å²) in [6, 6.07) is 5.15. The summed E-state index contributed by atoms with van der Waals surface area (Å²) < 4.78 is 21.6. The van der Waals surface area contributed by atoms with Crippen LogP contribution in [0.4, 0.5) is 0 Å². The van der Waals surface area contributed by atoms with Crippen molar-refractivity contribution in [2.45, 2.75) is 12.2 Å². The summed E-state index contributed by atoms with van der Waals surface area (Å²) in [5.41, 5.74) is 0.485. The zero-order valence-electron chi connectivity index (χ0n) is 13.8. The molecule has 0 bridgehead atoms. The fourth-order valence-electron chi connectivity index (χ4n) is 2.61. The van der Waals surface area contributed by atoms with Crippen LogP contribution in [0.3, 0.4) is 0 Å². The lowest BCUT2D eigenvalue weighted by molar-refractivity contribution is -0.00461. The Labute approximate surface area is 136 Å². The minimum Gasteiger partial charge on any atom is -0.497 e. The van der Waals surface area contributed by atoms with E-state index in [-0.39, 0.29) is 18.1 Å². The van der Waals surface area contributed by atoms with Crippen molar-refractivity contribution >= 4 is 5.91 Å². The van der Waals surface area contributed by atoms with Gasteiger partial charge in [0.15, 0.2) is 0 Å². The Kier molecular flexibility index (Phi) is 6.01. The van der Waals surface area contributed by atoms with Crippen molar-refractivity contribution in [3.05, 3.63) is 36.4 Å². The van der Waals surface area contributed by atoms with Gasteiger partial charge in [0, 0.05) is 33.4 Å². The number of amides is 1.